The van der Waals surface area contributed by atoms with Crippen LogP contribution < -0.4 is 5.32 Å². The molecule has 112 valence electrons. The van der Waals surface area contributed by atoms with Crippen LogP contribution in [-0.2, 0) is 6.18 Å². The van der Waals surface area contributed by atoms with Crippen LogP contribution in [0.15, 0.2) is 48.7 Å². The van der Waals surface area contributed by atoms with E-state index in [4.69, 9.17) is 0 Å². The summed E-state index contributed by atoms with van der Waals surface area (Å²) in [6, 6.07) is 12.5. The number of nitrogens with one attached hydrogen (secondary N) is 1. The molecule has 1 atom stereocenters. The molecule has 0 saturated heterocycles. The number of hydrogen-bond donors (Lipinski definition) is 1. The van der Waals surface area contributed by atoms with Gasteiger partial charge in [-0.25, -0.2) is 4.98 Å². The lowest BCUT2D eigenvalue weighted by atomic mass is 9.98. The zero-order valence-corrected chi connectivity index (χ0v) is 11.7. The number of pyridine rings is 1. The van der Waals surface area contributed by atoms with E-state index in [1.165, 1.54) is 11.6 Å². The third kappa shape index (κ3) is 4.48. The van der Waals surface area contributed by atoms with Gasteiger partial charge in [-0.3, -0.25) is 0 Å². The van der Waals surface area contributed by atoms with Crippen molar-refractivity contribution >= 4 is 5.82 Å². The van der Waals surface area contributed by atoms with Gasteiger partial charge in [0, 0.05) is 12.7 Å². The molecule has 0 saturated carbocycles. The Morgan fingerprint density at radius 3 is 2.38 bits per heavy atom. The van der Waals surface area contributed by atoms with E-state index < -0.39 is 11.7 Å². The maximum absolute atomic E-state index is 12.4. The van der Waals surface area contributed by atoms with E-state index in [1.807, 2.05) is 18.2 Å². The first-order chi connectivity index (χ1) is 9.97. The predicted octanol–water partition coefficient (Wildman–Crippen LogP) is 4.71. The molecule has 1 aromatic heterocycles. The highest BCUT2D eigenvalue weighted by molar-refractivity contribution is 5.36. The molecular weight excluding hydrogens is 277 g/mol. The van der Waals surface area contributed by atoms with E-state index in [1.54, 1.807) is 0 Å². The van der Waals surface area contributed by atoms with Crippen molar-refractivity contribution in [2.75, 3.05) is 11.9 Å². The first kappa shape index (κ1) is 15.4. The van der Waals surface area contributed by atoms with Crippen molar-refractivity contribution < 1.29 is 13.2 Å². The number of halogens is 3. The first-order valence-electron chi connectivity index (χ1n) is 6.79. The summed E-state index contributed by atoms with van der Waals surface area (Å²) in [5.41, 5.74) is 0.519. The van der Waals surface area contributed by atoms with Gasteiger partial charge in [-0.2, -0.15) is 13.2 Å². The van der Waals surface area contributed by atoms with Gasteiger partial charge in [-0.1, -0.05) is 37.3 Å². The van der Waals surface area contributed by atoms with Gasteiger partial charge in [-0.05, 0) is 30.0 Å². The van der Waals surface area contributed by atoms with Crippen molar-refractivity contribution in [3.05, 3.63) is 59.8 Å². The second kappa shape index (κ2) is 6.61. The molecule has 1 heterocycles. The summed E-state index contributed by atoms with van der Waals surface area (Å²) < 4.78 is 37.2. The van der Waals surface area contributed by atoms with Crippen molar-refractivity contribution in [2.24, 2.45) is 0 Å². The van der Waals surface area contributed by atoms with Crippen molar-refractivity contribution in [1.82, 2.24) is 4.98 Å². The molecule has 0 aliphatic carbocycles. The van der Waals surface area contributed by atoms with Crippen LogP contribution in [0.4, 0.5) is 19.0 Å². The molecule has 1 N–H and O–H groups in total. The lowest BCUT2D eigenvalue weighted by Gasteiger charge is -2.13. The van der Waals surface area contributed by atoms with E-state index in [-0.39, 0.29) is 0 Å². The van der Waals surface area contributed by atoms with Crippen LogP contribution in [0.3, 0.4) is 0 Å². The van der Waals surface area contributed by atoms with Crippen molar-refractivity contribution in [1.29, 1.82) is 0 Å². The summed E-state index contributed by atoms with van der Waals surface area (Å²) in [5, 5.41) is 3.05. The monoisotopic (exact) mass is 294 g/mol. The van der Waals surface area contributed by atoms with Gasteiger partial charge in [-0.15, -0.1) is 0 Å². The highest BCUT2D eigenvalue weighted by Gasteiger charge is 2.30. The zero-order valence-electron chi connectivity index (χ0n) is 11.7. The van der Waals surface area contributed by atoms with Gasteiger partial charge < -0.3 is 5.32 Å². The number of hydrogen-bond acceptors (Lipinski definition) is 2. The Morgan fingerprint density at radius 1 is 1.10 bits per heavy atom. The van der Waals surface area contributed by atoms with E-state index in [9.17, 15) is 13.2 Å². The molecule has 1 unspecified atom stereocenters. The minimum atomic E-state index is -4.34. The molecule has 5 heteroatoms. The Bertz CT molecular complexity index is 550. The summed E-state index contributed by atoms with van der Waals surface area (Å²) >= 11 is 0. The summed E-state index contributed by atoms with van der Waals surface area (Å²) in [6.45, 7) is 2.78. The molecular formula is C16H17F3N2. The van der Waals surface area contributed by atoms with E-state index in [2.05, 4.69) is 29.4 Å². The summed E-state index contributed by atoms with van der Waals surface area (Å²) in [7, 11) is 0. The molecule has 0 aliphatic rings. The van der Waals surface area contributed by atoms with Crippen LogP contribution in [0.5, 0.6) is 0 Å². The number of rotatable bonds is 5. The molecule has 0 bridgehead atoms. The minimum absolute atomic E-state index is 0.383. The van der Waals surface area contributed by atoms with Crippen molar-refractivity contribution in [3.63, 3.8) is 0 Å². The Balaban J connectivity index is 1.84. The fourth-order valence-electron chi connectivity index (χ4n) is 2.03. The Kier molecular flexibility index (Phi) is 4.83. The molecule has 2 aromatic rings. The Hall–Kier alpha value is -2.04. The van der Waals surface area contributed by atoms with E-state index >= 15 is 0 Å². The molecule has 0 aliphatic heterocycles. The average molecular weight is 294 g/mol. The Morgan fingerprint density at radius 2 is 1.81 bits per heavy atom. The predicted molar refractivity (Wildman–Crippen MR) is 77.2 cm³/mol. The maximum atomic E-state index is 12.4. The zero-order chi connectivity index (χ0) is 15.3. The highest BCUT2D eigenvalue weighted by Crippen LogP contribution is 2.28. The summed E-state index contributed by atoms with van der Waals surface area (Å²) in [6.07, 6.45) is -2.61. The third-order valence-corrected chi connectivity index (χ3v) is 3.34. The van der Waals surface area contributed by atoms with Gasteiger partial charge in [0.2, 0.25) is 0 Å². The molecule has 1 aromatic carbocycles. The van der Waals surface area contributed by atoms with Crippen LogP contribution in [-0.4, -0.2) is 11.5 Å². The third-order valence-electron chi connectivity index (χ3n) is 3.34. The number of anilines is 1. The highest BCUT2D eigenvalue weighted by atomic mass is 19.4. The van der Waals surface area contributed by atoms with E-state index in [0.29, 0.717) is 18.3 Å². The van der Waals surface area contributed by atoms with Crippen LogP contribution in [0.25, 0.3) is 0 Å². The maximum Gasteiger partial charge on any atom is 0.417 e. The molecule has 2 rings (SSSR count). The fourth-order valence-corrected chi connectivity index (χ4v) is 2.03. The second-order valence-corrected chi connectivity index (χ2v) is 4.96. The summed E-state index contributed by atoms with van der Waals surface area (Å²) in [5.74, 6) is 0.844. The average Bonchev–Trinajstić information content (AvgIpc) is 2.47. The van der Waals surface area contributed by atoms with Gasteiger partial charge in [0.15, 0.2) is 0 Å². The Labute approximate surface area is 122 Å². The van der Waals surface area contributed by atoms with Crippen LogP contribution >= 0.6 is 0 Å². The van der Waals surface area contributed by atoms with Gasteiger partial charge in [0.05, 0.1) is 5.56 Å². The number of alkyl halides is 3. The number of aromatic nitrogens is 1. The topological polar surface area (TPSA) is 24.9 Å². The number of nitrogens with zero attached hydrogens (tertiary/aromatic N) is 1. The standard InChI is InChI=1S/C16H17F3N2/c1-12(13-5-3-2-4-6-13)9-10-20-15-8-7-14(11-21-15)16(17,18)19/h2-8,11-12H,9-10H2,1H3,(H,20,21). The van der Waals surface area contributed by atoms with Gasteiger partial charge in [0.25, 0.3) is 0 Å². The fraction of sp³-hybridized carbons (Fsp3) is 0.312. The molecule has 0 radical (unpaired) electrons. The molecule has 21 heavy (non-hydrogen) atoms. The van der Waals surface area contributed by atoms with Gasteiger partial charge >= 0.3 is 6.18 Å². The molecule has 0 amide bonds. The normalized spacial score (nSPS) is 13.0. The second-order valence-electron chi connectivity index (χ2n) is 4.96. The van der Waals surface area contributed by atoms with Crippen LogP contribution in [0.1, 0.15) is 30.4 Å². The smallest absolute Gasteiger partial charge is 0.370 e. The van der Waals surface area contributed by atoms with Gasteiger partial charge in [0.1, 0.15) is 5.82 Å². The van der Waals surface area contributed by atoms with Crippen LogP contribution in [0, 0.1) is 0 Å². The lowest BCUT2D eigenvalue weighted by molar-refractivity contribution is -0.137. The van der Waals surface area contributed by atoms with E-state index in [0.717, 1.165) is 18.7 Å². The first-order valence-corrected chi connectivity index (χ1v) is 6.79. The molecule has 0 spiro atoms. The number of benzene rings is 1. The lowest BCUT2D eigenvalue weighted by Crippen LogP contribution is -2.09. The molecule has 0 fully saturated rings. The van der Waals surface area contributed by atoms with Crippen molar-refractivity contribution in [2.45, 2.75) is 25.4 Å². The van der Waals surface area contributed by atoms with Crippen LogP contribution in [0.2, 0.25) is 0 Å². The SMILES string of the molecule is CC(CCNc1ccc(C(F)(F)F)cn1)c1ccccc1. The largest absolute Gasteiger partial charge is 0.417 e. The molecule has 2 nitrogen and oxygen atoms in total. The van der Waals surface area contributed by atoms with Crippen molar-refractivity contribution in [3.8, 4) is 0 Å². The summed E-state index contributed by atoms with van der Waals surface area (Å²) in [4.78, 5) is 3.78. The minimum Gasteiger partial charge on any atom is -0.370 e. The quantitative estimate of drug-likeness (QED) is 0.864.